The molecule has 0 atom stereocenters. The molecule has 1 N–H and O–H groups in total. The average Bonchev–Trinajstić information content (AvgIpc) is 2.39. The second kappa shape index (κ2) is 6.53. The summed E-state index contributed by atoms with van der Waals surface area (Å²) in [5.41, 5.74) is 0.543. The normalized spacial score (nSPS) is 10.3. The molecule has 104 valence electrons. The molecule has 0 bridgehead atoms. The van der Waals surface area contributed by atoms with Gasteiger partial charge in [-0.15, -0.1) is 0 Å². The van der Waals surface area contributed by atoms with Gasteiger partial charge in [-0.25, -0.2) is 9.18 Å². The van der Waals surface area contributed by atoms with E-state index in [0.29, 0.717) is 15.8 Å². The van der Waals surface area contributed by atoms with Gasteiger partial charge in [0.25, 0.3) is 0 Å². The van der Waals surface area contributed by atoms with Gasteiger partial charge in [0.2, 0.25) is 0 Å². The highest BCUT2D eigenvalue weighted by Crippen LogP contribution is 2.24. The lowest BCUT2D eigenvalue weighted by Crippen LogP contribution is -2.02. The summed E-state index contributed by atoms with van der Waals surface area (Å²) in [7, 11) is 0. The number of carboxylic acid groups (broad SMARTS) is 1. The standard InChI is InChI=1S/C14H9BrFIO3/c15-10-3-1-9(11(16)6-10)7-20-13-5-8(14(18)19)2-4-12(13)17/h1-6H,7H2,(H,18,19). The second-order valence-corrected chi connectivity index (χ2v) is 6.05. The molecule has 0 saturated heterocycles. The molecule has 3 nitrogen and oxygen atoms in total. The molecule has 0 spiro atoms. The Labute approximate surface area is 137 Å². The van der Waals surface area contributed by atoms with Gasteiger partial charge in [0, 0.05) is 10.0 Å². The molecule has 0 aliphatic heterocycles. The highest BCUT2D eigenvalue weighted by Gasteiger charge is 2.09. The van der Waals surface area contributed by atoms with E-state index in [-0.39, 0.29) is 18.0 Å². The van der Waals surface area contributed by atoms with Crippen LogP contribution in [0.25, 0.3) is 0 Å². The third-order valence-corrected chi connectivity index (χ3v) is 3.96. The van der Waals surface area contributed by atoms with Crippen LogP contribution in [0.4, 0.5) is 4.39 Å². The first-order valence-corrected chi connectivity index (χ1v) is 7.44. The van der Waals surface area contributed by atoms with E-state index >= 15 is 0 Å². The van der Waals surface area contributed by atoms with Gasteiger partial charge in [-0.05, 0) is 52.9 Å². The van der Waals surface area contributed by atoms with Crippen LogP contribution >= 0.6 is 38.5 Å². The molecule has 0 unspecified atom stereocenters. The van der Waals surface area contributed by atoms with Crippen molar-refractivity contribution < 1.29 is 19.0 Å². The number of hydrogen-bond acceptors (Lipinski definition) is 2. The molecule has 0 saturated carbocycles. The van der Waals surface area contributed by atoms with Crippen molar-refractivity contribution in [3.05, 3.63) is 61.4 Å². The van der Waals surface area contributed by atoms with Crippen LogP contribution < -0.4 is 4.74 Å². The number of halogens is 3. The summed E-state index contributed by atoms with van der Waals surface area (Å²) >= 11 is 5.22. The van der Waals surface area contributed by atoms with Crippen LogP contribution in [-0.4, -0.2) is 11.1 Å². The van der Waals surface area contributed by atoms with Crippen LogP contribution in [0.5, 0.6) is 5.75 Å². The summed E-state index contributed by atoms with van der Waals surface area (Å²) in [6, 6.07) is 9.28. The summed E-state index contributed by atoms with van der Waals surface area (Å²) < 4.78 is 20.6. The number of rotatable bonds is 4. The van der Waals surface area contributed by atoms with Crippen LogP contribution in [0.3, 0.4) is 0 Å². The van der Waals surface area contributed by atoms with Gasteiger partial charge in [-0.1, -0.05) is 22.0 Å². The molecule has 0 aliphatic carbocycles. The third-order valence-electron chi connectivity index (χ3n) is 2.58. The minimum atomic E-state index is -1.03. The first-order valence-electron chi connectivity index (χ1n) is 5.57. The molecule has 20 heavy (non-hydrogen) atoms. The zero-order chi connectivity index (χ0) is 14.7. The van der Waals surface area contributed by atoms with Crippen LogP contribution in [0.2, 0.25) is 0 Å². The van der Waals surface area contributed by atoms with E-state index in [1.165, 1.54) is 18.2 Å². The molecular weight excluding hydrogens is 442 g/mol. The molecule has 0 fully saturated rings. The Morgan fingerprint density at radius 2 is 2.05 bits per heavy atom. The third kappa shape index (κ3) is 3.69. The number of hydrogen-bond donors (Lipinski definition) is 1. The lowest BCUT2D eigenvalue weighted by molar-refractivity contribution is 0.0696. The Morgan fingerprint density at radius 3 is 2.70 bits per heavy atom. The summed E-state index contributed by atoms with van der Waals surface area (Å²) in [6.07, 6.45) is 0. The van der Waals surface area contributed by atoms with Gasteiger partial charge >= 0.3 is 5.97 Å². The van der Waals surface area contributed by atoms with Crippen LogP contribution in [-0.2, 0) is 6.61 Å². The molecule has 0 radical (unpaired) electrons. The first-order chi connectivity index (χ1) is 9.47. The quantitative estimate of drug-likeness (QED) is 0.699. The smallest absolute Gasteiger partial charge is 0.335 e. The lowest BCUT2D eigenvalue weighted by atomic mass is 10.2. The van der Waals surface area contributed by atoms with E-state index in [2.05, 4.69) is 15.9 Å². The highest BCUT2D eigenvalue weighted by molar-refractivity contribution is 14.1. The van der Waals surface area contributed by atoms with Crippen molar-refractivity contribution in [1.82, 2.24) is 0 Å². The molecule has 0 heterocycles. The fourth-order valence-corrected chi connectivity index (χ4v) is 2.37. The Balaban J connectivity index is 2.18. The van der Waals surface area contributed by atoms with Gasteiger partial charge in [-0.2, -0.15) is 0 Å². The van der Waals surface area contributed by atoms with Gasteiger partial charge in [0.15, 0.2) is 0 Å². The largest absolute Gasteiger partial charge is 0.488 e. The molecule has 2 aromatic rings. The van der Waals surface area contributed by atoms with Gasteiger partial charge < -0.3 is 9.84 Å². The number of carboxylic acids is 1. The van der Waals surface area contributed by atoms with Gasteiger partial charge in [0.05, 0.1) is 9.13 Å². The molecular formula is C14H9BrFIO3. The van der Waals surface area contributed by atoms with E-state index in [0.717, 1.165) is 3.57 Å². The van der Waals surface area contributed by atoms with Crippen LogP contribution in [0.15, 0.2) is 40.9 Å². The predicted molar refractivity (Wildman–Crippen MR) is 84.6 cm³/mol. The van der Waals surface area contributed by atoms with E-state index in [9.17, 15) is 9.18 Å². The van der Waals surface area contributed by atoms with Crippen LogP contribution in [0.1, 0.15) is 15.9 Å². The molecule has 0 aromatic heterocycles. The van der Waals surface area contributed by atoms with E-state index in [4.69, 9.17) is 9.84 Å². The Kier molecular flexibility index (Phi) is 4.98. The summed E-state index contributed by atoms with van der Waals surface area (Å²) in [4.78, 5) is 10.9. The fraction of sp³-hybridized carbons (Fsp3) is 0.0714. The maximum absolute atomic E-state index is 13.7. The van der Waals surface area contributed by atoms with Crippen molar-refractivity contribution in [3.63, 3.8) is 0 Å². The first kappa shape index (κ1) is 15.2. The zero-order valence-electron chi connectivity index (χ0n) is 10.1. The summed E-state index contributed by atoms with van der Waals surface area (Å²) in [6.45, 7) is 0.0399. The van der Waals surface area contributed by atoms with Crippen LogP contribution in [0, 0.1) is 9.39 Å². The van der Waals surface area contributed by atoms with Crippen molar-refractivity contribution >= 4 is 44.5 Å². The van der Waals surface area contributed by atoms with Gasteiger partial charge in [-0.3, -0.25) is 0 Å². The van der Waals surface area contributed by atoms with Gasteiger partial charge in [0.1, 0.15) is 18.2 Å². The SMILES string of the molecule is O=C(O)c1ccc(I)c(OCc2ccc(Br)cc2F)c1. The Morgan fingerprint density at radius 1 is 1.30 bits per heavy atom. The second-order valence-electron chi connectivity index (χ2n) is 3.97. The molecule has 2 rings (SSSR count). The zero-order valence-corrected chi connectivity index (χ0v) is 13.8. The van der Waals surface area contributed by atoms with Crippen molar-refractivity contribution in [2.45, 2.75) is 6.61 Å². The van der Waals surface area contributed by atoms with E-state index in [1.807, 2.05) is 22.6 Å². The van der Waals surface area contributed by atoms with Crippen molar-refractivity contribution in [3.8, 4) is 5.75 Å². The Bertz CT molecular complexity index is 661. The Hall–Kier alpha value is -1.15. The maximum atomic E-state index is 13.7. The minimum absolute atomic E-state index is 0.0399. The number of benzene rings is 2. The van der Waals surface area contributed by atoms with Crippen molar-refractivity contribution in [2.24, 2.45) is 0 Å². The number of carbonyl (C=O) groups is 1. The number of aromatic carboxylic acids is 1. The minimum Gasteiger partial charge on any atom is -0.488 e. The van der Waals surface area contributed by atoms with E-state index < -0.39 is 5.97 Å². The summed E-state index contributed by atoms with van der Waals surface area (Å²) in [5, 5.41) is 8.94. The fourth-order valence-electron chi connectivity index (χ4n) is 1.54. The number of ether oxygens (including phenoxy) is 1. The maximum Gasteiger partial charge on any atom is 0.335 e. The average molecular weight is 451 g/mol. The molecule has 6 heteroatoms. The predicted octanol–water partition coefficient (Wildman–Crippen LogP) is 4.47. The van der Waals surface area contributed by atoms with Crippen molar-refractivity contribution in [1.29, 1.82) is 0 Å². The van der Waals surface area contributed by atoms with Crippen molar-refractivity contribution in [2.75, 3.05) is 0 Å². The summed E-state index contributed by atoms with van der Waals surface area (Å²) in [5.74, 6) is -0.974. The molecule has 0 aliphatic rings. The monoisotopic (exact) mass is 450 g/mol. The highest BCUT2D eigenvalue weighted by atomic mass is 127. The molecule has 2 aromatic carbocycles. The topological polar surface area (TPSA) is 46.5 Å². The molecule has 0 amide bonds. The lowest BCUT2D eigenvalue weighted by Gasteiger charge is -2.10. The van der Waals surface area contributed by atoms with E-state index in [1.54, 1.807) is 18.2 Å².